The molecule has 0 spiro atoms. The summed E-state index contributed by atoms with van der Waals surface area (Å²) in [4.78, 5) is 12.7. The molecule has 4 nitrogen and oxygen atoms in total. The molecule has 0 aliphatic heterocycles. The van der Waals surface area contributed by atoms with Crippen LogP contribution in [0.1, 0.15) is 16.1 Å². The number of para-hydroxylation sites is 1. The number of ether oxygens (including phenoxy) is 1. The van der Waals surface area contributed by atoms with Crippen molar-refractivity contribution < 1.29 is 18.4 Å². The zero-order valence-corrected chi connectivity index (χ0v) is 15.9. The lowest BCUT2D eigenvalue weighted by Crippen LogP contribution is -2.08. The second-order valence-electron chi connectivity index (χ2n) is 6.34. The Hall–Kier alpha value is -3.05. The summed E-state index contributed by atoms with van der Waals surface area (Å²) in [6.45, 7) is 1.85. The van der Waals surface area contributed by atoms with E-state index in [1.54, 1.807) is 12.1 Å². The molecule has 0 amide bonds. The lowest BCUT2D eigenvalue weighted by Gasteiger charge is -2.03. The van der Waals surface area contributed by atoms with Crippen LogP contribution in [-0.2, 0) is 0 Å². The van der Waals surface area contributed by atoms with Crippen LogP contribution in [0.25, 0.3) is 32.9 Å². The molecule has 2 heterocycles. The van der Waals surface area contributed by atoms with Crippen molar-refractivity contribution in [3.05, 3.63) is 76.5 Å². The summed E-state index contributed by atoms with van der Waals surface area (Å²) in [5.41, 5.74) is 2.96. The van der Waals surface area contributed by atoms with Gasteiger partial charge in [0.15, 0.2) is 0 Å². The van der Waals surface area contributed by atoms with Crippen molar-refractivity contribution in [3.8, 4) is 5.75 Å². The van der Waals surface area contributed by atoms with Crippen LogP contribution in [-0.4, -0.2) is 5.97 Å². The Morgan fingerprint density at radius 3 is 2.48 bits per heavy atom. The van der Waals surface area contributed by atoms with Crippen molar-refractivity contribution in [1.29, 1.82) is 0 Å². The molecule has 0 unspecified atom stereocenters. The molecule has 0 radical (unpaired) electrons. The third-order valence-corrected chi connectivity index (χ3v) is 5.14. The Balaban J connectivity index is 1.54. The molecule has 27 heavy (non-hydrogen) atoms. The topological polar surface area (TPSA) is 52.6 Å². The molecule has 5 heteroatoms. The Bertz CT molecular complexity index is 1340. The molecule has 0 aliphatic carbocycles. The average molecular weight is 421 g/mol. The maximum Gasteiger partial charge on any atom is 0.379 e. The molecule has 3 aromatic carbocycles. The summed E-state index contributed by atoms with van der Waals surface area (Å²) in [5.74, 6) is 0.132. The highest BCUT2D eigenvalue weighted by molar-refractivity contribution is 9.10. The summed E-state index contributed by atoms with van der Waals surface area (Å²) in [6.07, 6.45) is 0. The predicted octanol–water partition coefficient (Wildman–Crippen LogP) is 6.62. The number of benzene rings is 3. The number of aryl methyl sites for hydroxylation is 1. The molecular weight excluding hydrogens is 408 g/mol. The van der Waals surface area contributed by atoms with Crippen LogP contribution in [0.4, 0.5) is 0 Å². The van der Waals surface area contributed by atoms with Gasteiger partial charge in [0, 0.05) is 26.2 Å². The van der Waals surface area contributed by atoms with E-state index in [1.165, 1.54) is 0 Å². The SMILES string of the molecule is Cc1c(C(=O)Oc2ccc3oc4ccccc4c3c2)oc2ccc(Br)cc12. The fraction of sp³-hybridized carbons (Fsp3) is 0.0455. The number of fused-ring (bicyclic) bond motifs is 4. The summed E-state index contributed by atoms with van der Waals surface area (Å²) in [5, 5.41) is 2.77. The van der Waals surface area contributed by atoms with Crippen molar-refractivity contribution in [3.63, 3.8) is 0 Å². The van der Waals surface area contributed by atoms with Crippen LogP contribution in [0, 0.1) is 6.92 Å². The van der Waals surface area contributed by atoms with Crippen molar-refractivity contribution >= 4 is 54.8 Å². The van der Waals surface area contributed by atoms with Crippen LogP contribution < -0.4 is 4.74 Å². The number of carbonyl (C=O) groups excluding carboxylic acids is 1. The maximum absolute atomic E-state index is 12.7. The fourth-order valence-corrected chi connectivity index (χ4v) is 3.67. The molecule has 0 fully saturated rings. The molecule has 0 N–H and O–H groups in total. The number of esters is 1. The van der Waals surface area contributed by atoms with Crippen LogP contribution in [0.2, 0.25) is 0 Å². The molecule has 5 aromatic rings. The van der Waals surface area contributed by atoms with Crippen LogP contribution in [0.5, 0.6) is 5.75 Å². The normalized spacial score (nSPS) is 11.5. The van der Waals surface area contributed by atoms with E-state index in [-0.39, 0.29) is 5.76 Å². The standard InChI is InChI=1S/C22H13BrO4/c1-12-16-10-13(23)6-8-19(16)27-21(12)22(24)25-14-7-9-20-17(11-14)15-4-2-3-5-18(15)26-20/h2-11H,1H3. The first kappa shape index (κ1) is 16.1. The van der Waals surface area contributed by atoms with Gasteiger partial charge in [-0.3, -0.25) is 0 Å². The third kappa shape index (κ3) is 2.62. The largest absolute Gasteiger partial charge is 0.456 e. The van der Waals surface area contributed by atoms with Gasteiger partial charge in [0.1, 0.15) is 22.5 Å². The molecule has 0 bridgehead atoms. The predicted molar refractivity (Wildman–Crippen MR) is 107 cm³/mol. The Labute approximate surface area is 162 Å². The zero-order valence-electron chi connectivity index (χ0n) is 14.3. The lowest BCUT2D eigenvalue weighted by molar-refractivity contribution is 0.0703. The summed E-state index contributed by atoms with van der Waals surface area (Å²) >= 11 is 3.44. The summed E-state index contributed by atoms with van der Waals surface area (Å²) in [6, 6.07) is 18.7. The molecule has 5 rings (SSSR count). The number of hydrogen-bond acceptors (Lipinski definition) is 4. The Kier molecular flexibility index (Phi) is 3.58. The highest BCUT2D eigenvalue weighted by atomic mass is 79.9. The molecule has 0 saturated carbocycles. The minimum Gasteiger partial charge on any atom is -0.456 e. The second kappa shape index (κ2) is 5.99. The van der Waals surface area contributed by atoms with E-state index >= 15 is 0 Å². The number of carbonyl (C=O) groups is 1. The lowest BCUT2D eigenvalue weighted by atomic mass is 10.1. The van der Waals surface area contributed by atoms with Crippen molar-refractivity contribution in [1.82, 2.24) is 0 Å². The van der Waals surface area contributed by atoms with Gasteiger partial charge < -0.3 is 13.6 Å². The minimum absolute atomic E-state index is 0.209. The van der Waals surface area contributed by atoms with Gasteiger partial charge in [-0.1, -0.05) is 34.1 Å². The molecule has 132 valence electrons. The summed E-state index contributed by atoms with van der Waals surface area (Å²) in [7, 11) is 0. The second-order valence-corrected chi connectivity index (χ2v) is 7.26. The quantitative estimate of drug-likeness (QED) is 0.237. The van der Waals surface area contributed by atoms with Gasteiger partial charge in [-0.2, -0.15) is 0 Å². The van der Waals surface area contributed by atoms with Gasteiger partial charge in [0.2, 0.25) is 5.76 Å². The van der Waals surface area contributed by atoms with E-state index < -0.39 is 5.97 Å². The fourth-order valence-electron chi connectivity index (χ4n) is 3.31. The first-order valence-electron chi connectivity index (χ1n) is 8.42. The maximum atomic E-state index is 12.7. The summed E-state index contributed by atoms with van der Waals surface area (Å²) < 4.78 is 18.0. The third-order valence-electron chi connectivity index (χ3n) is 4.64. The van der Waals surface area contributed by atoms with Crippen molar-refractivity contribution in [2.45, 2.75) is 6.92 Å². The van der Waals surface area contributed by atoms with E-state index in [2.05, 4.69) is 15.9 Å². The molecule has 0 saturated heterocycles. The van der Waals surface area contributed by atoms with Gasteiger partial charge in [-0.05, 0) is 49.4 Å². The van der Waals surface area contributed by atoms with Crippen molar-refractivity contribution in [2.75, 3.05) is 0 Å². The highest BCUT2D eigenvalue weighted by Gasteiger charge is 2.20. The Morgan fingerprint density at radius 2 is 1.59 bits per heavy atom. The van der Waals surface area contributed by atoms with Crippen LogP contribution >= 0.6 is 15.9 Å². The molecule has 0 atom stereocenters. The molecule has 2 aromatic heterocycles. The smallest absolute Gasteiger partial charge is 0.379 e. The van der Waals surface area contributed by atoms with Gasteiger partial charge in [-0.25, -0.2) is 4.79 Å². The molecule has 0 aliphatic rings. The minimum atomic E-state index is -0.521. The Morgan fingerprint density at radius 1 is 0.852 bits per heavy atom. The van der Waals surface area contributed by atoms with Crippen molar-refractivity contribution in [2.24, 2.45) is 0 Å². The monoisotopic (exact) mass is 420 g/mol. The van der Waals surface area contributed by atoms with E-state index in [9.17, 15) is 4.79 Å². The zero-order chi connectivity index (χ0) is 18.5. The molecular formula is C22H13BrO4. The first-order chi connectivity index (χ1) is 13.1. The first-order valence-corrected chi connectivity index (χ1v) is 9.21. The van der Waals surface area contributed by atoms with E-state index in [0.717, 1.165) is 37.4 Å². The van der Waals surface area contributed by atoms with Gasteiger partial charge >= 0.3 is 5.97 Å². The van der Waals surface area contributed by atoms with Crippen LogP contribution in [0.15, 0.2) is 74.0 Å². The van der Waals surface area contributed by atoms with Gasteiger partial charge in [0.25, 0.3) is 0 Å². The number of hydrogen-bond donors (Lipinski definition) is 0. The van der Waals surface area contributed by atoms with E-state index in [1.807, 2.05) is 55.5 Å². The van der Waals surface area contributed by atoms with Gasteiger partial charge in [0.05, 0.1) is 0 Å². The average Bonchev–Trinajstić information content (AvgIpc) is 3.20. The van der Waals surface area contributed by atoms with Gasteiger partial charge in [-0.15, -0.1) is 0 Å². The van der Waals surface area contributed by atoms with E-state index in [4.69, 9.17) is 13.6 Å². The highest BCUT2D eigenvalue weighted by Crippen LogP contribution is 2.32. The van der Waals surface area contributed by atoms with E-state index in [0.29, 0.717) is 11.3 Å². The van der Waals surface area contributed by atoms with Crippen LogP contribution in [0.3, 0.4) is 0 Å². The number of furan rings is 2. The number of rotatable bonds is 2. The number of halogens is 1.